The topological polar surface area (TPSA) is 35.8 Å². The van der Waals surface area contributed by atoms with Crippen LogP contribution in [0.1, 0.15) is 35.9 Å². The van der Waals surface area contributed by atoms with Crippen molar-refractivity contribution >= 4 is 11.3 Å². The Bertz CT molecular complexity index is 371. The van der Waals surface area contributed by atoms with Gasteiger partial charge in [0.15, 0.2) is 0 Å². The van der Waals surface area contributed by atoms with Crippen LogP contribution in [0.4, 0.5) is 0 Å². The average molecular weight is 220 g/mol. The summed E-state index contributed by atoms with van der Waals surface area (Å²) in [5.41, 5.74) is 0.606. The first-order chi connectivity index (χ1) is 7.28. The highest BCUT2D eigenvalue weighted by atomic mass is 32.1. The predicted molar refractivity (Wildman–Crippen MR) is 62.7 cm³/mol. The molecular formula is C12H16N2S. The predicted octanol–water partition coefficient (Wildman–Crippen LogP) is 2.90. The van der Waals surface area contributed by atoms with Gasteiger partial charge in [-0.3, -0.25) is 0 Å². The molecule has 0 spiro atoms. The lowest BCUT2D eigenvalue weighted by Gasteiger charge is -2.12. The fraction of sp³-hybridized carbons (Fsp3) is 0.583. The molecule has 0 atom stereocenters. The van der Waals surface area contributed by atoms with Crippen molar-refractivity contribution in [3.8, 4) is 6.07 Å². The highest BCUT2D eigenvalue weighted by Gasteiger charge is 2.39. The molecule has 1 fully saturated rings. The monoisotopic (exact) mass is 220 g/mol. The Morgan fingerprint density at radius 2 is 2.33 bits per heavy atom. The van der Waals surface area contributed by atoms with E-state index in [4.69, 9.17) is 5.26 Å². The molecule has 0 radical (unpaired) electrons. The van der Waals surface area contributed by atoms with Crippen LogP contribution in [0.2, 0.25) is 0 Å². The maximum atomic E-state index is 8.69. The molecule has 0 aliphatic heterocycles. The quantitative estimate of drug-likeness (QED) is 0.828. The van der Waals surface area contributed by atoms with E-state index in [-0.39, 0.29) is 0 Å². The van der Waals surface area contributed by atoms with Gasteiger partial charge in [0.25, 0.3) is 0 Å². The molecule has 15 heavy (non-hydrogen) atoms. The fourth-order valence-electron chi connectivity index (χ4n) is 1.82. The van der Waals surface area contributed by atoms with Gasteiger partial charge < -0.3 is 5.32 Å². The van der Waals surface area contributed by atoms with Crippen LogP contribution in [0, 0.1) is 16.7 Å². The van der Waals surface area contributed by atoms with Crippen molar-refractivity contribution in [3.63, 3.8) is 0 Å². The van der Waals surface area contributed by atoms with Crippen molar-refractivity contribution in [2.24, 2.45) is 5.41 Å². The molecule has 1 aromatic heterocycles. The average Bonchev–Trinajstić information content (AvgIpc) is 2.89. The first-order valence-corrected chi connectivity index (χ1v) is 6.29. The van der Waals surface area contributed by atoms with Crippen LogP contribution in [0.5, 0.6) is 0 Å². The lowest BCUT2D eigenvalue weighted by Crippen LogP contribution is -2.22. The fourth-order valence-corrected chi connectivity index (χ4v) is 2.59. The Hall–Kier alpha value is -0.850. The molecule has 0 saturated heterocycles. The Kier molecular flexibility index (Phi) is 3.08. The zero-order valence-electron chi connectivity index (χ0n) is 9.05. The number of nitrogens with zero attached hydrogens (tertiary/aromatic N) is 1. The molecule has 1 aliphatic rings. The van der Waals surface area contributed by atoms with Gasteiger partial charge in [0.2, 0.25) is 0 Å². The number of hydrogen-bond donors (Lipinski definition) is 1. The minimum Gasteiger partial charge on any atom is -0.311 e. The molecule has 0 bridgehead atoms. The van der Waals surface area contributed by atoms with E-state index in [0.29, 0.717) is 5.41 Å². The van der Waals surface area contributed by atoms with E-state index in [1.54, 1.807) is 11.3 Å². The van der Waals surface area contributed by atoms with Crippen LogP contribution < -0.4 is 5.32 Å². The van der Waals surface area contributed by atoms with Gasteiger partial charge in [0.05, 0.1) is 0 Å². The van der Waals surface area contributed by atoms with E-state index in [1.165, 1.54) is 24.1 Å². The van der Waals surface area contributed by atoms with Crippen LogP contribution in [0.15, 0.2) is 12.1 Å². The summed E-state index contributed by atoms with van der Waals surface area (Å²) in [6.07, 6.45) is 4.04. The number of hydrogen-bond acceptors (Lipinski definition) is 3. The van der Waals surface area contributed by atoms with Crippen molar-refractivity contribution in [2.45, 2.75) is 32.7 Å². The van der Waals surface area contributed by atoms with E-state index in [0.717, 1.165) is 18.0 Å². The Morgan fingerprint density at radius 3 is 2.87 bits per heavy atom. The molecule has 1 N–H and O–H groups in total. The van der Waals surface area contributed by atoms with Crippen LogP contribution >= 0.6 is 11.3 Å². The third-order valence-electron chi connectivity index (χ3n) is 3.28. The summed E-state index contributed by atoms with van der Waals surface area (Å²) >= 11 is 1.59. The number of nitriles is 1. The zero-order chi connectivity index (χ0) is 10.7. The van der Waals surface area contributed by atoms with E-state index >= 15 is 0 Å². The Morgan fingerprint density at radius 1 is 1.53 bits per heavy atom. The summed E-state index contributed by atoms with van der Waals surface area (Å²) in [6.45, 7) is 4.31. The second kappa shape index (κ2) is 4.34. The lowest BCUT2D eigenvalue weighted by atomic mass is 10.0. The molecule has 3 heteroatoms. The summed E-state index contributed by atoms with van der Waals surface area (Å²) < 4.78 is 0. The van der Waals surface area contributed by atoms with Gasteiger partial charge in [0.1, 0.15) is 10.9 Å². The second-order valence-electron chi connectivity index (χ2n) is 4.33. The third kappa shape index (κ3) is 2.58. The van der Waals surface area contributed by atoms with Crippen LogP contribution in [0.25, 0.3) is 0 Å². The SMILES string of the molecule is CCC1(CNCc2ccc(C#N)s2)CC1. The molecular weight excluding hydrogens is 204 g/mol. The van der Waals surface area contributed by atoms with Crippen LogP contribution in [0.3, 0.4) is 0 Å². The summed E-state index contributed by atoms with van der Waals surface area (Å²) in [4.78, 5) is 2.07. The van der Waals surface area contributed by atoms with Crippen molar-refractivity contribution in [2.75, 3.05) is 6.54 Å². The summed E-state index contributed by atoms with van der Waals surface area (Å²) in [6, 6.07) is 6.11. The van der Waals surface area contributed by atoms with Crippen LogP contribution in [-0.2, 0) is 6.54 Å². The number of thiophene rings is 1. The maximum absolute atomic E-state index is 8.69. The standard InChI is InChI=1S/C12H16N2S/c1-2-12(5-6-12)9-14-8-11-4-3-10(7-13)15-11/h3-4,14H,2,5-6,8-9H2,1H3. The van der Waals surface area contributed by atoms with Crippen molar-refractivity contribution in [1.29, 1.82) is 5.26 Å². The smallest absolute Gasteiger partial charge is 0.110 e. The van der Waals surface area contributed by atoms with Gasteiger partial charge in [0, 0.05) is 18.0 Å². The number of nitrogens with one attached hydrogen (secondary N) is 1. The molecule has 0 unspecified atom stereocenters. The molecule has 0 aromatic carbocycles. The summed E-state index contributed by atoms with van der Waals surface area (Å²) in [5.74, 6) is 0. The molecule has 1 saturated carbocycles. The summed E-state index contributed by atoms with van der Waals surface area (Å²) in [7, 11) is 0. The first-order valence-electron chi connectivity index (χ1n) is 5.47. The van der Waals surface area contributed by atoms with Gasteiger partial charge in [-0.25, -0.2) is 0 Å². The van der Waals surface area contributed by atoms with E-state index in [1.807, 2.05) is 12.1 Å². The van der Waals surface area contributed by atoms with Gasteiger partial charge in [-0.2, -0.15) is 5.26 Å². The molecule has 1 aliphatic carbocycles. The highest BCUT2D eigenvalue weighted by molar-refractivity contribution is 7.12. The molecule has 1 aromatic rings. The van der Waals surface area contributed by atoms with Crippen LogP contribution in [-0.4, -0.2) is 6.54 Å². The first kappa shape index (κ1) is 10.7. The molecule has 2 nitrogen and oxygen atoms in total. The number of rotatable bonds is 5. The normalized spacial score (nSPS) is 17.3. The van der Waals surface area contributed by atoms with E-state index in [9.17, 15) is 0 Å². The second-order valence-corrected chi connectivity index (χ2v) is 5.50. The van der Waals surface area contributed by atoms with Crippen molar-refractivity contribution in [1.82, 2.24) is 5.32 Å². The Labute approximate surface area is 94.9 Å². The Balaban J connectivity index is 1.76. The lowest BCUT2D eigenvalue weighted by molar-refractivity contribution is 0.444. The van der Waals surface area contributed by atoms with Gasteiger partial charge in [-0.05, 0) is 36.8 Å². The van der Waals surface area contributed by atoms with E-state index < -0.39 is 0 Å². The largest absolute Gasteiger partial charge is 0.311 e. The van der Waals surface area contributed by atoms with Gasteiger partial charge >= 0.3 is 0 Å². The van der Waals surface area contributed by atoms with Gasteiger partial charge in [-0.15, -0.1) is 11.3 Å². The zero-order valence-corrected chi connectivity index (χ0v) is 9.86. The molecule has 80 valence electrons. The maximum Gasteiger partial charge on any atom is 0.110 e. The third-order valence-corrected chi connectivity index (χ3v) is 4.27. The molecule has 0 amide bonds. The summed E-state index contributed by atoms with van der Waals surface area (Å²) in [5, 5.41) is 12.2. The molecule has 2 rings (SSSR count). The highest BCUT2D eigenvalue weighted by Crippen LogP contribution is 2.47. The minimum atomic E-state index is 0.606. The van der Waals surface area contributed by atoms with Crippen molar-refractivity contribution in [3.05, 3.63) is 21.9 Å². The van der Waals surface area contributed by atoms with Gasteiger partial charge in [-0.1, -0.05) is 6.92 Å². The minimum absolute atomic E-state index is 0.606. The van der Waals surface area contributed by atoms with E-state index in [2.05, 4.69) is 18.3 Å². The molecule has 1 heterocycles. The van der Waals surface area contributed by atoms with Crippen molar-refractivity contribution < 1.29 is 0 Å².